The van der Waals surface area contributed by atoms with Crippen LogP contribution < -0.4 is 11.5 Å². The Balaban J connectivity index is 1.67. The van der Waals surface area contributed by atoms with Crippen molar-refractivity contribution >= 4 is 0 Å². The number of nitrogens with two attached hydrogens (primary N) is 2. The summed E-state index contributed by atoms with van der Waals surface area (Å²) in [6.07, 6.45) is -18.1. The van der Waals surface area contributed by atoms with Crippen LogP contribution in [0.5, 0.6) is 0 Å². The Morgan fingerprint density at radius 2 is 1.32 bits per heavy atom. The molecule has 0 aromatic rings. The second-order valence-corrected chi connectivity index (χ2v) is 10.6. The number of rotatable bonds is 14. The maximum Gasteiger partial charge on any atom is 0.187 e. The summed E-state index contributed by atoms with van der Waals surface area (Å²) in [5.41, 5.74) is 9.34. The summed E-state index contributed by atoms with van der Waals surface area (Å²) in [6, 6.07) is 0. The topological polar surface area (TPSA) is 289 Å². The number of ether oxygens (including phenoxy) is 6. The van der Waals surface area contributed by atoms with Gasteiger partial charge in [-0.05, 0) is 25.8 Å². The van der Waals surface area contributed by atoms with Crippen molar-refractivity contribution in [2.45, 2.75) is 105 Å². The van der Waals surface area contributed by atoms with E-state index in [9.17, 15) is 46.0 Å². The van der Waals surface area contributed by atoms with Crippen molar-refractivity contribution < 1.29 is 74.4 Å². The quantitative estimate of drug-likeness (QED) is 0.0824. The number of aliphatic hydroxyl groups excluding tert-OH is 8. The fourth-order valence-corrected chi connectivity index (χ4v) is 5.03. The molecule has 13 N–H and O–H groups in total. The molecule has 0 saturated carbocycles. The van der Waals surface area contributed by atoms with E-state index < -0.39 is 98.5 Å². The van der Waals surface area contributed by atoms with E-state index in [2.05, 4.69) is 0 Å². The van der Waals surface area contributed by atoms with Gasteiger partial charge in [-0.25, -0.2) is 0 Å². The summed E-state index contributed by atoms with van der Waals surface area (Å²) in [5.74, 6) is 0. The third-order valence-corrected chi connectivity index (χ3v) is 7.60. The molecule has 0 radical (unpaired) electrons. The predicted octanol–water partition coefficient (Wildman–Crippen LogP) is -6.41. The summed E-state index contributed by atoms with van der Waals surface area (Å²) < 4.78 is 33.3. The Morgan fingerprint density at radius 3 is 1.93 bits per heavy atom. The molecular weight excluding hydrogens is 556 g/mol. The van der Waals surface area contributed by atoms with Crippen molar-refractivity contribution in [3.63, 3.8) is 0 Å². The van der Waals surface area contributed by atoms with E-state index in [0.29, 0.717) is 19.6 Å². The Hall–Kier alpha value is -0.680. The van der Waals surface area contributed by atoms with Gasteiger partial charge < -0.3 is 85.8 Å². The molecule has 14 atom stereocenters. The van der Waals surface area contributed by atoms with Crippen LogP contribution in [0.2, 0.25) is 0 Å². The predicted molar refractivity (Wildman–Crippen MR) is 135 cm³/mol. The lowest BCUT2D eigenvalue weighted by molar-refractivity contribution is -0.373. The third-order valence-electron chi connectivity index (χ3n) is 7.60. The molecule has 0 amide bonds. The first-order chi connectivity index (χ1) is 19.5. The summed E-state index contributed by atoms with van der Waals surface area (Å²) in [4.78, 5) is 0. The lowest BCUT2D eigenvalue weighted by atomic mass is 9.88. The second-order valence-electron chi connectivity index (χ2n) is 10.6. The van der Waals surface area contributed by atoms with Crippen molar-refractivity contribution in [3.05, 3.63) is 0 Å². The summed E-state index contributed by atoms with van der Waals surface area (Å²) in [5, 5.41) is 93.4. The van der Waals surface area contributed by atoms with E-state index >= 15 is 0 Å². The number of hydrogen-bond acceptors (Lipinski definition) is 17. The van der Waals surface area contributed by atoms with Gasteiger partial charge in [0.25, 0.3) is 0 Å². The van der Waals surface area contributed by atoms with Crippen LogP contribution in [0.1, 0.15) is 19.3 Å². The first-order valence-corrected chi connectivity index (χ1v) is 13.8. The average molecular weight is 603 g/mol. The van der Waals surface area contributed by atoms with Gasteiger partial charge >= 0.3 is 0 Å². The zero-order chi connectivity index (χ0) is 30.3. The minimum absolute atomic E-state index is 0.143. The molecule has 41 heavy (non-hydrogen) atoms. The van der Waals surface area contributed by atoms with E-state index in [0.717, 1.165) is 12.8 Å². The zero-order valence-electron chi connectivity index (χ0n) is 22.7. The SMILES string of the molecule is NCCCCCOCC1(O)COC(CN)[C@@H](O[C@@H]2OC(CO)[C@H](O[C@H]3OC(CO)[C@H](O)C(O)C3O)C(O)C2O)C1O. The average Bonchev–Trinajstić information content (AvgIpc) is 2.97. The fourth-order valence-electron chi connectivity index (χ4n) is 5.03. The molecular formula is C24H46N2O15. The molecule has 3 saturated heterocycles. The molecule has 3 fully saturated rings. The van der Waals surface area contributed by atoms with E-state index in [-0.39, 0.29) is 19.8 Å². The van der Waals surface area contributed by atoms with Crippen molar-refractivity contribution in [2.75, 3.05) is 46.1 Å². The van der Waals surface area contributed by atoms with E-state index in [1.54, 1.807) is 0 Å². The van der Waals surface area contributed by atoms with E-state index in [1.165, 1.54) is 0 Å². The van der Waals surface area contributed by atoms with Crippen LogP contribution in [0.15, 0.2) is 0 Å². The van der Waals surface area contributed by atoms with Gasteiger partial charge in [0.1, 0.15) is 66.6 Å². The number of hydrogen-bond donors (Lipinski definition) is 11. The maximum atomic E-state index is 11.1. The van der Waals surface area contributed by atoms with Crippen LogP contribution >= 0.6 is 0 Å². The minimum Gasteiger partial charge on any atom is -0.394 e. The molecule has 3 rings (SSSR count). The van der Waals surface area contributed by atoms with Gasteiger partial charge in [0.05, 0.1) is 32.5 Å². The first kappa shape index (κ1) is 34.8. The fraction of sp³-hybridized carbons (Fsp3) is 1.00. The zero-order valence-corrected chi connectivity index (χ0v) is 22.7. The van der Waals surface area contributed by atoms with Gasteiger partial charge in [0.2, 0.25) is 0 Å². The lowest BCUT2D eigenvalue weighted by Gasteiger charge is -2.49. The van der Waals surface area contributed by atoms with Gasteiger partial charge in [0.15, 0.2) is 12.6 Å². The van der Waals surface area contributed by atoms with Crippen molar-refractivity contribution in [2.24, 2.45) is 11.5 Å². The standard InChI is InChI=1S/C24H46N2O15/c25-4-2-1-3-5-36-9-24(35)10-37-11(6-26)20(21(24)34)41-23-18(33)16(31)19(13(8-28)39-23)40-22-17(32)15(30)14(29)12(7-27)38-22/h11-23,27-35H,1-10,25-26H2/t11?,12?,13?,14-,15?,16?,17?,18?,19-,20+,21?,22+,23-,24?/m0/s1. The summed E-state index contributed by atoms with van der Waals surface area (Å²) in [6.45, 7) is -1.39. The van der Waals surface area contributed by atoms with Crippen molar-refractivity contribution in [1.29, 1.82) is 0 Å². The Morgan fingerprint density at radius 1 is 0.707 bits per heavy atom. The molecule has 3 heterocycles. The molecule has 0 bridgehead atoms. The number of unbranched alkanes of at least 4 members (excludes halogenated alkanes) is 2. The van der Waals surface area contributed by atoms with Crippen LogP contribution in [0.4, 0.5) is 0 Å². The van der Waals surface area contributed by atoms with Gasteiger partial charge in [-0.2, -0.15) is 0 Å². The van der Waals surface area contributed by atoms with Crippen LogP contribution in [-0.4, -0.2) is 177 Å². The smallest absolute Gasteiger partial charge is 0.187 e. The molecule has 3 aliphatic heterocycles. The van der Waals surface area contributed by atoms with E-state index in [1.807, 2.05) is 0 Å². The first-order valence-electron chi connectivity index (χ1n) is 13.8. The summed E-state index contributed by atoms with van der Waals surface area (Å²) in [7, 11) is 0. The molecule has 17 heteroatoms. The lowest BCUT2D eigenvalue weighted by Crippen LogP contribution is -2.68. The highest BCUT2D eigenvalue weighted by atomic mass is 16.7. The van der Waals surface area contributed by atoms with Crippen molar-refractivity contribution in [3.8, 4) is 0 Å². The molecule has 0 aromatic heterocycles. The third kappa shape index (κ3) is 8.08. The summed E-state index contributed by atoms with van der Waals surface area (Å²) >= 11 is 0. The highest BCUT2D eigenvalue weighted by Gasteiger charge is 2.54. The normalized spacial score (nSPS) is 45.6. The Kier molecular flexibility index (Phi) is 13.5. The van der Waals surface area contributed by atoms with E-state index in [4.69, 9.17) is 39.9 Å². The molecule has 9 unspecified atom stereocenters. The maximum absolute atomic E-state index is 11.1. The molecule has 3 aliphatic rings. The monoisotopic (exact) mass is 602 g/mol. The van der Waals surface area contributed by atoms with Gasteiger partial charge in [-0.3, -0.25) is 0 Å². The van der Waals surface area contributed by atoms with Gasteiger partial charge in [0, 0.05) is 13.2 Å². The Bertz CT molecular complexity index is 769. The van der Waals surface area contributed by atoms with Gasteiger partial charge in [-0.15, -0.1) is 0 Å². The largest absolute Gasteiger partial charge is 0.394 e. The highest BCUT2D eigenvalue weighted by Crippen LogP contribution is 2.33. The van der Waals surface area contributed by atoms with Crippen LogP contribution in [-0.2, 0) is 28.4 Å². The molecule has 0 spiro atoms. The Labute approximate surface area is 237 Å². The molecule has 0 aromatic carbocycles. The second kappa shape index (κ2) is 15.9. The molecule has 242 valence electrons. The number of aliphatic hydroxyl groups is 9. The van der Waals surface area contributed by atoms with Crippen LogP contribution in [0.25, 0.3) is 0 Å². The van der Waals surface area contributed by atoms with Gasteiger partial charge in [-0.1, -0.05) is 0 Å². The van der Waals surface area contributed by atoms with Crippen LogP contribution in [0.3, 0.4) is 0 Å². The molecule has 17 nitrogen and oxygen atoms in total. The highest BCUT2D eigenvalue weighted by molar-refractivity contribution is 5.01. The van der Waals surface area contributed by atoms with Crippen molar-refractivity contribution in [1.82, 2.24) is 0 Å². The molecule has 0 aliphatic carbocycles. The van der Waals surface area contributed by atoms with Crippen LogP contribution in [0, 0.1) is 0 Å². The minimum atomic E-state index is -1.90.